The summed E-state index contributed by atoms with van der Waals surface area (Å²) in [4.78, 5) is 27.0. The number of benzene rings is 1. The van der Waals surface area contributed by atoms with Crippen LogP contribution in [0.15, 0.2) is 36.5 Å². The first-order chi connectivity index (χ1) is 22.7. The summed E-state index contributed by atoms with van der Waals surface area (Å²) < 4.78 is 16.3. The van der Waals surface area contributed by atoms with Crippen LogP contribution in [-0.4, -0.2) is 68.4 Å². The third kappa shape index (κ3) is 7.63. The second-order valence-corrected chi connectivity index (χ2v) is 14.4. The van der Waals surface area contributed by atoms with Crippen molar-refractivity contribution in [3.8, 4) is 0 Å². The molecule has 0 amide bonds. The molecule has 0 spiro atoms. The van der Waals surface area contributed by atoms with Gasteiger partial charge in [-0.15, -0.1) is 0 Å². The molecule has 254 valence electrons. The van der Waals surface area contributed by atoms with Gasteiger partial charge in [-0.1, -0.05) is 26.0 Å². The van der Waals surface area contributed by atoms with Gasteiger partial charge >= 0.3 is 5.97 Å². The van der Waals surface area contributed by atoms with E-state index >= 15 is 0 Å². The molecule has 0 radical (unpaired) electrons. The average Bonchev–Trinajstić information content (AvgIpc) is 3.50. The second-order valence-electron chi connectivity index (χ2n) is 14.4. The second kappa shape index (κ2) is 14.7. The van der Waals surface area contributed by atoms with E-state index in [1.165, 1.54) is 18.9 Å². The van der Waals surface area contributed by atoms with Crippen LogP contribution in [0, 0.1) is 23.6 Å². The number of carboxylic acid groups (broad SMARTS) is 1. The first-order valence-electron chi connectivity index (χ1n) is 17.8. The van der Waals surface area contributed by atoms with Crippen LogP contribution in [-0.2, 0) is 24.7 Å². The van der Waals surface area contributed by atoms with E-state index in [0.29, 0.717) is 11.8 Å². The lowest BCUT2D eigenvalue weighted by atomic mass is 9.77. The molecule has 1 aliphatic heterocycles. The zero-order chi connectivity index (χ0) is 33.1. The minimum atomic E-state index is -0.669. The first kappa shape index (κ1) is 33.4. The number of aryl methyl sites for hydroxylation is 2. The molecular weight excluding hydrogens is 593 g/mol. The van der Waals surface area contributed by atoms with Crippen LogP contribution < -0.4 is 10.2 Å². The molecule has 47 heavy (non-hydrogen) atoms. The molecule has 4 atom stereocenters. The largest absolute Gasteiger partial charge is 0.481 e. The van der Waals surface area contributed by atoms with E-state index in [9.17, 15) is 14.3 Å². The number of carbonyl (C=O) groups is 1. The highest BCUT2D eigenvalue weighted by atomic mass is 19.1. The number of hydrogen-bond acceptors (Lipinski definition) is 7. The summed E-state index contributed by atoms with van der Waals surface area (Å²) in [7, 11) is 4.11. The number of anilines is 2. The highest BCUT2D eigenvalue weighted by molar-refractivity contribution is 5.70. The van der Waals surface area contributed by atoms with E-state index in [4.69, 9.17) is 9.97 Å². The van der Waals surface area contributed by atoms with Crippen LogP contribution in [0.4, 0.5) is 16.2 Å². The monoisotopic (exact) mass is 645 g/mol. The third-order valence-corrected chi connectivity index (χ3v) is 11.2. The molecular formula is C37H52FN7O2. The molecule has 1 aromatic carbocycles. The van der Waals surface area contributed by atoms with Crippen LogP contribution in [0.5, 0.6) is 0 Å². The van der Waals surface area contributed by atoms with Crippen molar-refractivity contribution in [2.75, 3.05) is 36.9 Å². The van der Waals surface area contributed by atoms with E-state index in [1.807, 2.05) is 24.0 Å². The lowest BCUT2D eigenvalue weighted by Gasteiger charge is -2.38. The fraction of sp³-hybridized carbons (Fsp3) is 0.622. The Kier molecular flexibility index (Phi) is 10.4. The number of hydrogen-bond donors (Lipinski definition) is 2. The maximum Gasteiger partial charge on any atom is 0.306 e. The minimum Gasteiger partial charge on any atom is -0.481 e. The number of fused-ring (bicyclic) bond motifs is 1. The van der Waals surface area contributed by atoms with Crippen LogP contribution in [0.25, 0.3) is 0 Å². The molecule has 1 saturated heterocycles. The smallest absolute Gasteiger partial charge is 0.306 e. The normalized spacial score (nSPS) is 24.7. The number of nitrogens with one attached hydrogen (secondary N) is 1. The SMILES string of the molecule is CC[C@H](C1CCC(C(=O)O)CC1)N(C)c1nc2c(c(N[C@@H](CN3CCC[C@H](C)C3)c3ccnn3C)n1)C[C@H](c1cccc(F)c1)CC2. The van der Waals surface area contributed by atoms with Crippen molar-refractivity contribution in [1.82, 2.24) is 24.6 Å². The van der Waals surface area contributed by atoms with Gasteiger partial charge in [0.2, 0.25) is 5.95 Å². The molecule has 0 bridgehead atoms. The van der Waals surface area contributed by atoms with Gasteiger partial charge in [0.1, 0.15) is 11.6 Å². The van der Waals surface area contributed by atoms with Gasteiger partial charge in [-0.25, -0.2) is 9.37 Å². The molecule has 3 aromatic rings. The molecule has 2 N–H and O–H groups in total. The van der Waals surface area contributed by atoms with E-state index in [1.54, 1.807) is 12.1 Å². The molecule has 9 nitrogen and oxygen atoms in total. The van der Waals surface area contributed by atoms with Gasteiger partial charge in [-0.3, -0.25) is 9.48 Å². The Labute approximate surface area is 279 Å². The Balaban J connectivity index is 1.34. The first-order valence-corrected chi connectivity index (χ1v) is 17.8. The maximum absolute atomic E-state index is 14.3. The molecule has 10 heteroatoms. The number of aliphatic carboxylic acids is 1. The molecule has 1 saturated carbocycles. The fourth-order valence-electron chi connectivity index (χ4n) is 8.56. The van der Waals surface area contributed by atoms with E-state index < -0.39 is 5.97 Å². The Bertz CT molecular complexity index is 1520. The Morgan fingerprint density at radius 3 is 2.64 bits per heavy atom. The van der Waals surface area contributed by atoms with Crippen molar-refractivity contribution in [2.24, 2.45) is 24.8 Å². The minimum absolute atomic E-state index is 0.0206. The highest BCUT2D eigenvalue weighted by Gasteiger charge is 2.34. The van der Waals surface area contributed by atoms with Gasteiger partial charge in [-0.2, -0.15) is 10.1 Å². The molecule has 0 unspecified atom stereocenters. The number of rotatable bonds is 11. The fourth-order valence-corrected chi connectivity index (χ4v) is 8.56. The molecule has 2 aliphatic carbocycles. The number of likely N-dealkylation sites (tertiary alicyclic amines) is 1. The lowest BCUT2D eigenvalue weighted by Crippen LogP contribution is -2.41. The van der Waals surface area contributed by atoms with Crippen molar-refractivity contribution in [1.29, 1.82) is 0 Å². The summed E-state index contributed by atoms with van der Waals surface area (Å²) in [5.74, 6) is 1.74. The number of nitrogens with zero attached hydrogens (tertiary/aromatic N) is 6. The number of halogens is 1. The topological polar surface area (TPSA) is 99.4 Å². The number of carboxylic acids is 1. The quantitative estimate of drug-likeness (QED) is 0.240. The summed E-state index contributed by atoms with van der Waals surface area (Å²) >= 11 is 0. The molecule has 2 aromatic heterocycles. The van der Waals surface area contributed by atoms with Gasteiger partial charge in [0.05, 0.1) is 23.3 Å². The van der Waals surface area contributed by atoms with Gasteiger partial charge in [0, 0.05) is 45.0 Å². The maximum atomic E-state index is 14.3. The highest BCUT2D eigenvalue weighted by Crippen LogP contribution is 2.39. The Morgan fingerprint density at radius 2 is 1.96 bits per heavy atom. The lowest BCUT2D eigenvalue weighted by molar-refractivity contribution is -0.143. The standard InChI is InChI=1S/C37H52FN7O2/c1-5-33(25-11-13-26(14-12-25)36(46)47)43(3)37-41-31-16-15-28(27-9-6-10-29(38)20-27)21-30(31)35(42-37)40-32(34-17-18-39-44(34)4)23-45-19-7-8-24(2)22-45/h6,9-10,17-18,20,24-26,28,32-33H,5,7-8,11-16,19,21-23H2,1-4H3,(H,46,47)(H,40,41,42)/t24-,25?,26?,28+,32-,33+/m0/s1. The summed E-state index contributed by atoms with van der Waals surface area (Å²) in [6.07, 6.45) is 11.0. The van der Waals surface area contributed by atoms with E-state index in [0.717, 1.165) is 105 Å². The predicted molar refractivity (Wildman–Crippen MR) is 183 cm³/mol. The van der Waals surface area contributed by atoms with Crippen LogP contribution in [0.3, 0.4) is 0 Å². The van der Waals surface area contributed by atoms with Gasteiger partial charge in [-0.05, 0) is 112 Å². The molecule has 6 rings (SSSR count). The average molecular weight is 646 g/mol. The van der Waals surface area contributed by atoms with E-state index in [-0.39, 0.29) is 29.7 Å². The van der Waals surface area contributed by atoms with Crippen LogP contribution >= 0.6 is 0 Å². The van der Waals surface area contributed by atoms with Crippen molar-refractivity contribution in [3.05, 3.63) is 64.9 Å². The summed E-state index contributed by atoms with van der Waals surface area (Å²) in [6, 6.07) is 9.33. The van der Waals surface area contributed by atoms with Crippen molar-refractivity contribution >= 4 is 17.7 Å². The van der Waals surface area contributed by atoms with Crippen molar-refractivity contribution in [2.45, 2.75) is 96.1 Å². The van der Waals surface area contributed by atoms with Crippen molar-refractivity contribution < 1.29 is 14.3 Å². The Morgan fingerprint density at radius 1 is 1.15 bits per heavy atom. The van der Waals surface area contributed by atoms with Gasteiger partial charge in [0.15, 0.2) is 0 Å². The van der Waals surface area contributed by atoms with Gasteiger partial charge < -0.3 is 20.2 Å². The molecule has 2 fully saturated rings. The summed E-state index contributed by atoms with van der Waals surface area (Å²) in [5, 5.41) is 18.0. The Hall–Kier alpha value is -3.53. The van der Waals surface area contributed by atoms with Crippen molar-refractivity contribution in [3.63, 3.8) is 0 Å². The zero-order valence-electron chi connectivity index (χ0n) is 28.5. The van der Waals surface area contributed by atoms with Gasteiger partial charge in [0.25, 0.3) is 0 Å². The number of piperidine rings is 1. The third-order valence-electron chi connectivity index (χ3n) is 11.2. The van der Waals surface area contributed by atoms with Crippen LogP contribution in [0.2, 0.25) is 0 Å². The summed E-state index contributed by atoms with van der Waals surface area (Å²) in [5.41, 5.74) is 4.33. The number of aromatic nitrogens is 4. The summed E-state index contributed by atoms with van der Waals surface area (Å²) in [6.45, 7) is 7.57. The molecule has 3 aliphatic rings. The van der Waals surface area contributed by atoms with Crippen LogP contribution in [0.1, 0.15) is 99.7 Å². The molecule has 3 heterocycles. The predicted octanol–water partition coefficient (Wildman–Crippen LogP) is 6.61. The van der Waals surface area contributed by atoms with E-state index in [2.05, 4.69) is 47.2 Å². The zero-order valence-corrected chi connectivity index (χ0v) is 28.5.